The van der Waals surface area contributed by atoms with Gasteiger partial charge < -0.3 is 14.0 Å². The Balaban J connectivity index is 1.79. The van der Waals surface area contributed by atoms with Gasteiger partial charge in [0.1, 0.15) is 11.3 Å². The number of benzene rings is 3. The molecule has 0 N–H and O–H groups in total. The first-order valence-electron chi connectivity index (χ1n) is 10.1. The van der Waals surface area contributed by atoms with Crippen LogP contribution in [0.15, 0.2) is 83.8 Å². The van der Waals surface area contributed by atoms with E-state index in [0.717, 1.165) is 16.7 Å². The largest absolute Gasteiger partial charge is 0.495 e. The lowest BCUT2D eigenvalue weighted by Crippen LogP contribution is -2.21. The maximum Gasteiger partial charge on any atom is 0.343 e. The first kappa shape index (κ1) is 20.4. The summed E-state index contributed by atoms with van der Waals surface area (Å²) >= 11 is 0. The third kappa shape index (κ3) is 4.08. The fourth-order valence-electron chi connectivity index (χ4n) is 3.70. The number of para-hydroxylation sites is 1. The van der Waals surface area contributed by atoms with Crippen molar-refractivity contribution in [1.82, 2.24) is 4.57 Å². The lowest BCUT2D eigenvalue weighted by Gasteiger charge is -2.16. The lowest BCUT2D eigenvalue weighted by molar-refractivity contribution is 0.0524. The molecule has 5 heteroatoms. The summed E-state index contributed by atoms with van der Waals surface area (Å²) in [4.78, 5) is 25.4. The molecular formula is C26H23NO4. The highest BCUT2D eigenvalue weighted by molar-refractivity contribution is 5.95. The number of rotatable bonds is 6. The number of hydrogen-bond acceptors (Lipinski definition) is 4. The topological polar surface area (TPSA) is 57.5 Å². The molecule has 3 aromatic carbocycles. The number of aromatic nitrogens is 1. The van der Waals surface area contributed by atoms with Gasteiger partial charge in [-0.2, -0.15) is 0 Å². The molecule has 4 aromatic rings. The van der Waals surface area contributed by atoms with Gasteiger partial charge in [-0.15, -0.1) is 0 Å². The predicted molar refractivity (Wildman–Crippen MR) is 122 cm³/mol. The van der Waals surface area contributed by atoms with Gasteiger partial charge in [-0.3, -0.25) is 4.79 Å². The summed E-state index contributed by atoms with van der Waals surface area (Å²) in [5, 5.41) is 0.422. The highest BCUT2D eigenvalue weighted by Gasteiger charge is 2.18. The molecule has 0 bridgehead atoms. The minimum Gasteiger partial charge on any atom is -0.495 e. The summed E-state index contributed by atoms with van der Waals surface area (Å²) in [5.74, 6) is -0.0451. The summed E-state index contributed by atoms with van der Waals surface area (Å²) in [7, 11) is 1.57. The molecule has 156 valence electrons. The zero-order valence-corrected chi connectivity index (χ0v) is 17.5. The fourth-order valence-corrected chi connectivity index (χ4v) is 3.70. The van der Waals surface area contributed by atoms with Gasteiger partial charge in [-0.1, -0.05) is 60.7 Å². The van der Waals surface area contributed by atoms with Gasteiger partial charge in [0, 0.05) is 12.7 Å². The molecule has 0 aliphatic rings. The lowest BCUT2D eigenvalue weighted by atomic mass is 10.0. The smallest absolute Gasteiger partial charge is 0.343 e. The van der Waals surface area contributed by atoms with Crippen LogP contribution in [0, 0.1) is 0 Å². The molecule has 31 heavy (non-hydrogen) atoms. The Morgan fingerprint density at radius 3 is 2.29 bits per heavy atom. The fraction of sp³-hybridized carbons (Fsp3) is 0.154. The maximum atomic E-state index is 12.9. The van der Waals surface area contributed by atoms with Crippen molar-refractivity contribution in [3.8, 4) is 16.9 Å². The summed E-state index contributed by atoms with van der Waals surface area (Å²) in [6.07, 6.45) is 1.57. The Bertz CT molecular complexity index is 1270. The summed E-state index contributed by atoms with van der Waals surface area (Å²) in [6.45, 7) is 2.39. The van der Waals surface area contributed by atoms with Crippen molar-refractivity contribution in [3.63, 3.8) is 0 Å². The highest BCUT2D eigenvalue weighted by atomic mass is 16.5. The van der Waals surface area contributed by atoms with Gasteiger partial charge in [0.2, 0.25) is 5.43 Å². The van der Waals surface area contributed by atoms with Crippen LogP contribution in [0.3, 0.4) is 0 Å². The van der Waals surface area contributed by atoms with E-state index in [-0.39, 0.29) is 17.6 Å². The Kier molecular flexibility index (Phi) is 5.85. The summed E-state index contributed by atoms with van der Waals surface area (Å²) in [6, 6.07) is 23.7. The van der Waals surface area contributed by atoms with E-state index in [1.165, 1.54) is 0 Å². The molecular weight excluding hydrogens is 390 g/mol. The van der Waals surface area contributed by atoms with Crippen LogP contribution in [0.25, 0.3) is 22.0 Å². The second-order valence-corrected chi connectivity index (χ2v) is 7.14. The van der Waals surface area contributed by atoms with Gasteiger partial charge in [0.15, 0.2) is 0 Å². The zero-order valence-electron chi connectivity index (χ0n) is 17.5. The molecule has 0 saturated heterocycles. The highest BCUT2D eigenvalue weighted by Crippen LogP contribution is 2.26. The molecule has 0 amide bonds. The molecule has 0 fully saturated rings. The van der Waals surface area contributed by atoms with Crippen molar-refractivity contribution in [1.29, 1.82) is 0 Å². The minimum atomic E-state index is -0.620. The van der Waals surface area contributed by atoms with Crippen molar-refractivity contribution in [3.05, 3.63) is 100 Å². The van der Waals surface area contributed by atoms with Gasteiger partial charge in [-0.25, -0.2) is 4.79 Å². The molecule has 0 unspecified atom stereocenters. The van der Waals surface area contributed by atoms with E-state index in [1.54, 1.807) is 38.4 Å². The van der Waals surface area contributed by atoms with Gasteiger partial charge >= 0.3 is 5.97 Å². The van der Waals surface area contributed by atoms with E-state index in [0.29, 0.717) is 23.2 Å². The Labute approximate surface area is 180 Å². The minimum absolute atomic E-state index is 0.0171. The third-order valence-electron chi connectivity index (χ3n) is 5.19. The van der Waals surface area contributed by atoms with Gasteiger partial charge in [-0.05, 0) is 35.7 Å². The molecule has 0 aliphatic heterocycles. The number of fused-ring (bicyclic) bond motifs is 1. The number of nitrogens with zero attached hydrogens (tertiary/aromatic N) is 1. The van der Waals surface area contributed by atoms with Crippen molar-refractivity contribution in [2.24, 2.45) is 0 Å². The first-order chi connectivity index (χ1) is 15.1. The number of carbonyl (C=O) groups is 1. The SMILES string of the molecule is CCOC(=O)c1cn(Cc2ccc(-c3ccccc3)cc2)c2c(OC)cccc2c1=O. The summed E-state index contributed by atoms with van der Waals surface area (Å²) in [5.41, 5.74) is 3.61. The summed E-state index contributed by atoms with van der Waals surface area (Å²) < 4.78 is 12.5. The second kappa shape index (κ2) is 8.88. The molecule has 0 aliphatic carbocycles. The number of hydrogen-bond donors (Lipinski definition) is 0. The van der Waals surface area contributed by atoms with Crippen molar-refractivity contribution < 1.29 is 14.3 Å². The Hall–Kier alpha value is -3.86. The molecule has 0 spiro atoms. The van der Waals surface area contributed by atoms with Crippen LogP contribution in [0.1, 0.15) is 22.8 Å². The van der Waals surface area contributed by atoms with Crippen LogP contribution in [0.4, 0.5) is 0 Å². The van der Waals surface area contributed by atoms with Crippen LogP contribution in [0.5, 0.6) is 5.75 Å². The van der Waals surface area contributed by atoms with Crippen LogP contribution in [-0.4, -0.2) is 24.3 Å². The van der Waals surface area contributed by atoms with Crippen LogP contribution in [0.2, 0.25) is 0 Å². The van der Waals surface area contributed by atoms with Crippen LogP contribution < -0.4 is 10.2 Å². The molecule has 1 aromatic heterocycles. The number of carbonyl (C=O) groups excluding carboxylic acids is 1. The van der Waals surface area contributed by atoms with Crippen molar-refractivity contribution in [2.75, 3.05) is 13.7 Å². The average molecular weight is 413 g/mol. The average Bonchev–Trinajstić information content (AvgIpc) is 2.81. The predicted octanol–water partition coefficient (Wildman–Crippen LogP) is 4.90. The van der Waals surface area contributed by atoms with E-state index in [2.05, 4.69) is 24.3 Å². The zero-order chi connectivity index (χ0) is 21.8. The number of methoxy groups -OCH3 is 1. The Morgan fingerprint density at radius 2 is 1.61 bits per heavy atom. The van der Waals surface area contributed by atoms with E-state index < -0.39 is 5.97 Å². The monoisotopic (exact) mass is 413 g/mol. The van der Waals surface area contributed by atoms with E-state index in [9.17, 15) is 9.59 Å². The van der Waals surface area contributed by atoms with Crippen molar-refractivity contribution >= 4 is 16.9 Å². The second-order valence-electron chi connectivity index (χ2n) is 7.14. The molecule has 0 atom stereocenters. The van der Waals surface area contributed by atoms with Gasteiger partial charge in [0.25, 0.3) is 0 Å². The van der Waals surface area contributed by atoms with Crippen molar-refractivity contribution in [2.45, 2.75) is 13.5 Å². The van der Waals surface area contributed by atoms with Gasteiger partial charge in [0.05, 0.1) is 24.6 Å². The van der Waals surface area contributed by atoms with E-state index in [4.69, 9.17) is 9.47 Å². The van der Waals surface area contributed by atoms with Crippen LogP contribution >= 0.6 is 0 Å². The number of esters is 1. The Morgan fingerprint density at radius 1 is 0.903 bits per heavy atom. The quantitative estimate of drug-likeness (QED) is 0.422. The first-order valence-corrected chi connectivity index (χ1v) is 10.1. The molecule has 0 radical (unpaired) electrons. The molecule has 1 heterocycles. The third-order valence-corrected chi connectivity index (χ3v) is 5.19. The molecule has 5 nitrogen and oxygen atoms in total. The van der Waals surface area contributed by atoms with E-state index in [1.807, 2.05) is 34.9 Å². The number of pyridine rings is 1. The van der Waals surface area contributed by atoms with E-state index >= 15 is 0 Å². The normalized spacial score (nSPS) is 10.8. The number of ether oxygens (including phenoxy) is 2. The molecule has 4 rings (SSSR count). The maximum absolute atomic E-state index is 12.9. The standard InChI is InChI=1S/C26H23NO4/c1-3-31-26(29)22-17-27(24-21(25(22)28)10-7-11-23(24)30-2)16-18-12-14-20(15-13-18)19-8-5-4-6-9-19/h4-15,17H,3,16H2,1-2H3. The van der Waals surface area contributed by atoms with Crippen LogP contribution in [-0.2, 0) is 11.3 Å². The molecule has 0 saturated carbocycles.